The first-order valence-corrected chi connectivity index (χ1v) is 6.17. The van der Waals surface area contributed by atoms with Crippen molar-refractivity contribution in [2.75, 3.05) is 5.43 Å². The van der Waals surface area contributed by atoms with Gasteiger partial charge in [-0.3, -0.25) is 0 Å². The average molecular weight is 318 g/mol. The Labute approximate surface area is 123 Å². The van der Waals surface area contributed by atoms with Crippen molar-refractivity contribution in [2.45, 2.75) is 13.1 Å². The van der Waals surface area contributed by atoms with E-state index in [0.717, 1.165) is 12.1 Å². The molecule has 0 aliphatic rings. The third-order valence-corrected chi connectivity index (χ3v) is 2.88. The number of nitrogen functional groups attached to an aromatic ring is 1. The van der Waals surface area contributed by atoms with E-state index in [9.17, 15) is 13.2 Å². The Kier molecular flexibility index (Phi) is 4.24. The summed E-state index contributed by atoms with van der Waals surface area (Å²) in [6.45, 7) is 1.74. The second-order valence-electron chi connectivity index (χ2n) is 4.23. The number of anilines is 1. The first kappa shape index (κ1) is 15.4. The van der Waals surface area contributed by atoms with Crippen LogP contribution in [0.25, 0.3) is 0 Å². The standard InChI is InChI=1S/C13H11ClF3N3O/c1-7-2-3-9(14)6-10(7)21-12-5-8(13(15,16)17)4-11(19-12)20-18/h2-6H,18H2,1H3,(H,19,20). The lowest BCUT2D eigenvalue weighted by molar-refractivity contribution is -0.137. The molecule has 112 valence electrons. The molecule has 0 atom stereocenters. The summed E-state index contributed by atoms with van der Waals surface area (Å²) < 4.78 is 43.8. The summed E-state index contributed by atoms with van der Waals surface area (Å²) in [5, 5.41) is 0.403. The number of ether oxygens (including phenoxy) is 1. The maximum atomic E-state index is 12.8. The highest BCUT2D eigenvalue weighted by molar-refractivity contribution is 6.30. The quantitative estimate of drug-likeness (QED) is 0.660. The van der Waals surface area contributed by atoms with E-state index in [-0.39, 0.29) is 11.7 Å². The maximum absolute atomic E-state index is 12.8. The first-order chi connectivity index (χ1) is 9.79. The molecule has 0 saturated carbocycles. The van der Waals surface area contributed by atoms with Crippen molar-refractivity contribution in [3.05, 3.63) is 46.5 Å². The minimum Gasteiger partial charge on any atom is -0.439 e. The summed E-state index contributed by atoms with van der Waals surface area (Å²) in [6, 6.07) is 6.41. The van der Waals surface area contributed by atoms with Crippen molar-refractivity contribution in [1.29, 1.82) is 0 Å². The van der Waals surface area contributed by atoms with Gasteiger partial charge in [0.15, 0.2) is 0 Å². The Morgan fingerprint density at radius 2 is 1.95 bits per heavy atom. The fourth-order valence-electron chi connectivity index (χ4n) is 1.59. The number of pyridine rings is 1. The highest BCUT2D eigenvalue weighted by atomic mass is 35.5. The van der Waals surface area contributed by atoms with Crippen LogP contribution < -0.4 is 16.0 Å². The van der Waals surface area contributed by atoms with Crippen molar-refractivity contribution in [2.24, 2.45) is 5.84 Å². The highest BCUT2D eigenvalue weighted by Gasteiger charge is 2.32. The van der Waals surface area contributed by atoms with E-state index in [2.05, 4.69) is 10.4 Å². The molecule has 0 aliphatic carbocycles. The number of benzene rings is 1. The molecule has 0 radical (unpaired) electrons. The van der Waals surface area contributed by atoms with Crippen LogP contribution in [0.15, 0.2) is 30.3 Å². The molecular weight excluding hydrogens is 307 g/mol. The molecule has 0 bridgehead atoms. The fourth-order valence-corrected chi connectivity index (χ4v) is 1.75. The highest BCUT2D eigenvalue weighted by Crippen LogP contribution is 2.34. The number of rotatable bonds is 3. The number of hydrazine groups is 1. The molecule has 8 heteroatoms. The van der Waals surface area contributed by atoms with E-state index in [1.165, 1.54) is 6.07 Å². The molecule has 1 heterocycles. The largest absolute Gasteiger partial charge is 0.439 e. The summed E-state index contributed by atoms with van der Waals surface area (Å²) >= 11 is 5.83. The van der Waals surface area contributed by atoms with Crippen molar-refractivity contribution in [3.63, 3.8) is 0 Å². The van der Waals surface area contributed by atoms with Crippen LogP contribution in [0.4, 0.5) is 19.0 Å². The summed E-state index contributed by atoms with van der Waals surface area (Å²) in [5.41, 5.74) is 1.87. The van der Waals surface area contributed by atoms with Gasteiger partial charge in [0.2, 0.25) is 5.88 Å². The molecule has 0 spiro atoms. The summed E-state index contributed by atoms with van der Waals surface area (Å²) in [4.78, 5) is 3.83. The van der Waals surface area contributed by atoms with Crippen LogP contribution in [0.1, 0.15) is 11.1 Å². The molecule has 2 aromatic rings. The van der Waals surface area contributed by atoms with Gasteiger partial charge in [-0.25, -0.2) is 5.84 Å². The zero-order valence-corrected chi connectivity index (χ0v) is 11.6. The second kappa shape index (κ2) is 5.79. The topological polar surface area (TPSA) is 60.2 Å². The lowest BCUT2D eigenvalue weighted by Crippen LogP contribution is -2.12. The Balaban J connectivity index is 2.42. The van der Waals surface area contributed by atoms with Gasteiger partial charge in [-0.15, -0.1) is 0 Å². The van der Waals surface area contributed by atoms with Gasteiger partial charge >= 0.3 is 6.18 Å². The second-order valence-corrected chi connectivity index (χ2v) is 4.67. The van der Waals surface area contributed by atoms with Crippen molar-refractivity contribution in [1.82, 2.24) is 4.98 Å². The van der Waals surface area contributed by atoms with Gasteiger partial charge in [-0.2, -0.15) is 18.2 Å². The number of hydrogen-bond donors (Lipinski definition) is 2. The van der Waals surface area contributed by atoms with Crippen molar-refractivity contribution < 1.29 is 17.9 Å². The zero-order valence-electron chi connectivity index (χ0n) is 10.8. The number of hydrogen-bond acceptors (Lipinski definition) is 4. The zero-order chi connectivity index (χ0) is 15.6. The predicted molar refractivity (Wildman–Crippen MR) is 73.3 cm³/mol. The molecule has 0 saturated heterocycles. The number of aromatic nitrogens is 1. The summed E-state index contributed by atoms with van der Waals surface area (Å²) in [7, 11) is 0. The van der Waals surface area contributed by atoms with Gasteiger partial charge in [0.1, 0.15) is 11.6 Å². The average Bonchev–Trinajstić information content (AvgIpc) is 2.41. The summed E-state index contributed by atoms with van der Waals surface area (Å²) in [5.74, 6) is 5.05. The molecule has 0 amide bonds. The van der Waals surface area contributed by atoms with Gasteiger partial charge in [0, 0.05) is 11.1 Å². The normalized spacial score (nSPS) is 11.3. The maximum Gasteiger partial charge on any atom is 0.416 e. The van der Waals surface area contributed by atoms with Crippen LogP contribution in [-0.2, 0) is 6.18 Å². The summed E-state index contributed by atoms with van der Waals surface area (Å²) in [6.07, 6.45) is -4.53. The SMILES string of the molecule is Cc1ccc(Cl)cc1Oc1cc(C(F)(F)F)cc(NN)n1. The molecule has 0 aliphatic heterocycles. The van der Waals surface area contributed by atoms with E-state index in [4.69, 9.17) is 22.2 Å². The minimum atomic E-state index is -4.53. The molecule has 21 heavy (non-hydrogen) atoms. The monoisotopic (exact) mass is 317 g/mol. The molecule has 2 rings (SSSR count). The van der Waals surface area contributed by atoms with Gasteiger partial charge in [-0.05, 0) is 30.7 Å². The van der Waals surface area contributed by atoms with Gasteiger partial charge < -0.3 is 10.2 Å². The first-order valence-electron chi connectivity index (χ1n) is 5.79. The van der Waals surface area contributed by atoms with Crippen LogP contribution >= 0.6 is 11.6 Å². The third-order valence-electron chi connectivity index (χ3n) is 2.64. The van der Waals surface area contributed by atoms with Crippen LogP contribution in [0, 0.1) is 6.92 Å². The molecule has 3 N–H and O–H groups in total. The smallest absolute Gasteiger partial charge is 0.416 e. The van der Waals surface area contributed by atoms with Gasteiger partial charge in [0.25, 0.3) is 0 Å². The van der Waals surface area contributed by atoms with Gasteiger partial charge in [-0.1, -0.05) is 17.7 Å². The number of nitrogens with one attached hydrogen (secondary N) is 1. The molecule has 4 nitrogen and oxygen atoms in total. The number of nitrogens with zero attached hydrogens (tertiary/aromatic N) is 1. The van der Waals surface area contributed by atoms with E-state index < -0.39 is 11.7 Å². The molecule has 1 aromatic carbocycles. The Hall–Kier alpha value is -1.99. The van der Waals surface area contributed by atoms with Crippen molar-refractivity contribution >= 4 is 17.4 Å². The number of aryl methyl sites for hydroxylation is 1. The van der Waals surface area contributed by atoms with Crippen LogP contribution in [-0.4, -0.2) is 4.98 Å². The van der Waals surface area contributed by atoms with Gasteiger partial charge in [0.05, 0.1) is 5.56 Å². The molecule has 1 aromatic heterocycles. The molecular formula is C13H11ClF3N3O. The Bertz CT molecular complexity index is 662. The lowest BCUT2D eigenvalue weighted by atomic mass is 10.2. The van der Waals surface area contributed by atoms with E-state index in [0.29, 0.717) is 16.3 Å². The Morgan fingerprint density at radius 3 is 2.57 bits per heavy atom. The predicted octanol–water partition coefficient (Wildman–Crippen LogP) is 4.14. The van der Waals surface area contributed by atoms with E-state index >= 15 is 0 Å². The van der Waals surface area contributed by atoms with E-state index in [1.54, 1.807) is 19.1 Å². The fraction of sp³-hybridized carbons (Fsp3) is 0.154. The number of nitrogens with two attached hydrogens (primary N) is 1. The third kappa shape index (κ3) is 3.77. The molecule has 0 fully saturated rings. The van der Waals surface area contributed by atoms with Crippen LogP contribution in [0.2, 0.25) is 5.02 Å². The minimum absolute atomic E-state index is 0.153. The van der Waals surface area contributed by atoms with Crippen LogP contribution in [0.5, 0.6) is 11.6 Å². The number of halogens is 4. The van der Waals surface area contributed by atoms with E-state index in [1.807, 2.05) is 0 Å². The lowest BCUT2D eigenvalue weighted by Gasteiger charge is -2.13. The Morgan fingerprint density at radius 1 is 1.24 bits per heavy atom. The molecule has 0 unspecified atom stereocenters. The van der Waals surface area contributed by atoms with Crippen molar-refractivity contribution in [3.8, 4) is 11.6 Å². The number of alkyl halides is 3. The van der Waals surface area contributed by atoms with Crippen LogP contribution in [0.3, 0.4) is 0 Å².